The first kappa shape index (κ1) is 16.0. The standard InChI is InChI=1S/C18H16BrN5O/c1-24-16(21-22-23-24)12-4-2-7-15(10-12)20-17(25)18(8-9-18)13-5-3-6-14(19)11-13/h2-7,10-11H,8-9H2,1H3,(H,20,25). The van der Waals surface area contributed by atoms with Crippen molar-refractivity contribution >= 4 is 27.5 Å². The molecule has 2 aromatic carbocycles. The molecule has 1 N–H and O–H groups in total. The quantitative estimate of drug-likeness (QED) is 0.732. The molecule has 25 heavy (non-hydrogen) atoms. The van der Waals surface area contributed by atoms with Gasteiger partial charge in [-0.25, -0.2) is 4.68 Å². The molecule has 0 bridgehead atoms. The van der Waals surface area contributed by atoms with E-state index in [2.05, 4.69) is 36.8 Å². The Balaban J connectivity index is 1.59. The van der Waals surface area contributed by atoms with E-state index in [1.807, 2.05) is 48.5 Å². The molecule has 1 saturated carbocycles. The van der Waals surface area contributed by atoms with Crippen molar-refractivity contribution in [3.05, 3.63) is 58.6 Å². The fraction of sp³-hybridized carbons (Fsp3) is 0.222. The molecule has 0 unspecified atom stereocenters. The Kier molecular flexibility index (Phi) is 3.88. The smallest absolute Gasteiger partial charge is 0.235 e. The van der Waals surface area contributed by atoms with Crippen LogP contribution in [0.3, 0.4) is 0 Å². The Morgan fingerprint density at radius 3 is 2.68 bits per heavy atom. The lowest BCUT2D eigenvalue weighted by Crippen LogP contribution is -2.27. The van der Waals surface area contributed by atoms with E-state index < -0.39 is 5.41 Å². The Morgan fingerprint density at radius 1 is 1.20 bits per heavy atom. The lowest BCUT2D eigenvalue weighted by atomic mass is 9.95. The van der Waals surface area contributed by atoms with Crippen LogP contribution in [0.5, 0.6) is 0 Å². The molecular weight excluding hydrogens is 382 g/mol. The van der Waals surface area contributed by atoms with Gasteiger partial charge in [-0.2, -0.15) is 0 Å². The maximum Gasteiger partial charge on any atom is 0.235 e. The third-order valence-electron chi connectivity index (χ3n) is 4.56. The molecule has 1 heterocycles. The van der Waals surface area contributed by atoms with Crippen LogP contribution < -0.4 is 5.32 Å². The van der Waals surface area contributed by atoms with Crippen LogP contribution in [0.2, 0.25) is 0 Å². The van der Waals surface area contributed by atoms with Crippen LogP contribution in [0.4, 0.5) is 5.69 Å². The maximum absolute atomic E-state index is 12.9. The first-order valence-electron chi connectivity index (χ1n) is 7.99. The van der Waals surface area contributed by atoms with Crippen LogP contribution in [-0.4, -0.2) is 26.1 Å². The number of aryl methyl sites for hydroxylation is 1. The van der Waals surface area contributed by atoms with Gasteiger partial charge >= 0.3 is 0 Å². The van der Waals surface area contributed by atoms with Gasteiger partial charge in [-0.15, -0.1) is 5.10 Å². The van der Waals surface area contributed by atoms with Gasteiger partial charge in [-0.3, -0.25) is 4.79 Å². The molecule has 126 valence electrons. The first-order chi connectivity index (χ1) is 12.1. The lowest BCUT2D eigenvalue weighted by molar-refractivity contribution is -0.118. The van der Waals surface area contributed by atoms with Crippen LogP contribution in [0.15, 0.2) is 53.0 Å². The second-order valence-corrected chi connectivity index (χ2v) is 7.17. The average molecular weight is 398 g/mol. The first-order valence-corrected chi connectivity index (χ1v) is 8.78. The normalized spacial score (nSPS) is 15.0. The molecule has 1 aromatic heterocycles. The summed E-state index contributed by atoms with van der Waals surface area (Å²) < 4.78 is 2.59. The van der Waals surface area contributed by atoms with E-state index in [0.29, 0.717) is 5.82 Å². The fourth-order valence-corrected chi connectivity index (χ4v) is 3.42. The van der Waals surface area contributed by atoms with E-state index in [0.717, 1.165) is 34.1 Å². The van der Waals surface area contributed by atoms with E-state index >= 15 is 0 Å². The van der Waals surface area contributed by atoms with Crippen LogP contribution >= 0.6 is 15.9 Å². The predicted molar refractivity (Wildman–Crippen MR) is 97.9 cm³/mol. The van der Waals surface area contributed by atoms with Crippen molar-refractivity contribution in [3.8, 4) is 11.4 Å². The molecule has 0 aliphatic heterocycles. The number of rotatable bonds is 4. The molecule has 0 atom stereocenters. The molecule has 1 fully saturated rings. The van der Waals surface area contributed by atoms with Gasteiger partial charge in [0.05, 0.1) is 5.41 Å². The van der Waals surface area contributed by atoms with E-state index in [1.54, 1.807) is 11.7 Å². The molecule has 3 aromatic rings. The molecule has 1 aliphatic rings. The highest BCUT2D eigenvalue weighted by molar-refractivity contribution is 9.10. The minimum Gasteiger partial charge on any atom is -0.325 e. The van der Waals surface area contributed by atoms with Crippen LogP contribution in [0.1, 0.15) is 18.4 Å². The van der Waals surface area contributed by atoms with Crippen molar-refractivity contribution in [2.45, 2.75) is 18.3 Å². The monoisotopic (exact) mass is 397 g/mol. The third kappa shape index (κ3) is 2.95. The van der Waals surface area contributed by atoms with Gasteiger partial charge in [-0.1, -0.05) is 40.2 Å². The number of aromatic nitrogens is 4. The average Bonchev–Trinajstić information content (AvgIpc) is 3.31. The Labute approximate surface area is 153 Å². The summed E-state index contributed by atoms with van der Waals surface area (Å²) in [5.41, 5.74) is 2.23. The summed E-state index contributed by atoms with van der Waals surface area (Å²) in [5, 5.41) is 14.6. The van der Waals surface area contributed by atoms with Crippen LogP contribution in [0.25, 0.3) is 11.4 Å². The number of halogens is 1. The van der Waals surface area contributed by atoms with Crippen molar-refractivity contribution in [3.63, 3.8) is 0 Å². The van der Waals surface area contributed by atoms with Crippen molar-refractivity contribution in [2.75, 3.05) is 5.32 Å². The minimum absolute atomic E-state index is 0.0267. The summed E-state index contributed by atoms with van der Waals surface area (Å²) in [5.74, 6) is 0.683. The van der Waals surface area contributed by atoms with Crippen molar-refractivity contribution in [2.24, 2.45) is 7.05 Å². The van der Waals surface area contributed by atoms with Gasteiger partial charge in [-0.05, 0) is 53.1 Å². The molecule has 6 nitrogen and oxygen atoms in total. The van der Waals surface area contributed by atoms with E-state index in [-0.39, 0.29) is 5.91 Å². The molecule has 0 radical (unpaired) electrons. The predicted octanol–water partition coefficient (Wildman–Crippen LogP) is 3.31. The summed E-state index contributed by atoms with van der Waals surface area (Å²) >= 11 is 3.48. The number of anilines is 1. The molecule has 7 heteroatoms. The van der Waals surface area contributed by atoms with E-state index in [1.165, 1.54) is 0 Å². The Hall–Kier alpha value is -2.54. The summed E-state index contributed by atoms with van der Waals surface area (Å²) in [4.78, 5) is 12.9. The van der Waals surface area contributed by atoms with Crippen molar-refractivity contribution in [1.82, 2.24) is 20.2 Å². The van der Waals surface area contributed by atoms with E-state index in [9.17, 15) is 4.79 Å². The third-order valence-corrected chi connectivity index (χ3v) is 5.05. The van der Waals surface area contributed by atoms with Crippen LogP contribution in [-0.2, 0) is 17.3 Å². The molecule has 4 rings (SSSR count). The number of hydrogen-bond donors (Lipinski definition) is 1. The van der Waals surface area contributed by atoms with Gasteiger partial charge in [0.15, 0.2) is 5.82 Å². The number of nitrogens with one attached hydrogen (secondary N) is 1. The topological polar surface area (TPSA) is 72.7 Å². The SMILES string of the molecule is Cn1nnnc1-c1cccc(NC(=O)C2(c3cccc(Br)c3)CC2)c1. The second kappa shape index (κ2) is 6.07. The Bertz CT molecular complexity index is 948. The fourth-order valence-electron chi connectivity index (χ4n) is 3.02. The number of hydrogen-bond acceptors (Lipinski definition) is 4. The zero-order chi connectivity index (χ0) is 17.4. The van der Waals surface area contributed by atoms with Crippen molar-refractivity contribution in [1.29, 1.82) is 0 Å². The van der Waals surface area contributed by atoms with Gasteiger partial charge in [0.2, 0.25) is 5.91 Å². The summed E-state index contributed by atoms with van der Waals surface area (Å²) in [7, 11) is 1.78. The highest BCUT2D eigenvalue weighted by Crippen LogP contribution is 2.49. The number of nitrogens with zero attached hydrogens (tertiary/aromatic N) is 4. The van der Waals surface area contributed by atoms with E-state index in [4.69, 9.17) is 0 Å². The maximum atomic E-state index is 12.9. The molecule has 0 saturated heterocycles. The number of carbonyl (C=O) groups is 1. The number of carbonyl (C=O) groups excluding carboxylic acids is 1. The molecular formula is C18H16BrN5O. The van der Waals surface area contributed by atoms with Crippen molar-refractivity contribution < 1.29 is 4.79 Å². The summed E-state index contributed by atoms with van der Waals surface area (Å²) in [6.45, 7) is 0. The molecule has 1 aliphatic carbocycles. The molecule has 0 spiro atoms. The highest BCUT2D eigenvalue weighted by atomic mass is 79.9. The lowest BCUT2D eigenvalue weighted by Gasteiger charge is -2.16. The minimum atomic E-state index is -0.424. The zero-order valence-corrected chi connectivity index (χ0v) is 15.2. The summed E-state index contributed by atoms with van der Waals surface area (Å²) in [6.07, 6.45) is 1.73. The number of amides is 1. The second-order valence-electron chi connectivity index (χ2n) is 6.25. The van der Waals surface area contributed by atoms with Gasteiger partial charge < -0.3 is 5.32 Å². The number of tetrazole rings is 1. The molecule has 1 amide bonds. The number of benzene rings is 2. The van der Waals surface area contributed by atoms with Gasteiger partial charge in [0.25, 0.3) is 0 Å². The van der Waals surface area contributed by atoms with Crippen LogP contribution in [0, 0.1) is 0 Å². The Morgan fingerprint density at radius 2 is 2.00 bits per heavy atom. The summed E-state index contributed by atoms with van der Waals surface area (Å²) in [6, 6.07) is 15.5. The largest absolute Gasteiger partial charge is 0.325 e. The van der Waals surface area contributed by atoms with Gasteiger partial charge in [0.1, 0.15) is 0 Å². The van der Waals surface area contributed by atoms with Gasteiger partial charge in [0, 0.05) is 22.8 Å². The zero-order valence-electron chi connectivity index (χ0n) is 13.6. The highest BCUT2D eigenvalue weighted by Gasteiger charge is 2.51.